The maximum atomic E-state index is 12.4. The van der Waals surface area contributed by atoms with Crippen LogP contribution in [0.4, 0.5) is 5.69 Å². The van der Waals surface area contributed by atoms with Gasteiger partial charge >= 0.3 is 0 Å². The van der Waals surface area contributed by atoms with Crippen molar-refractivity contribution in [2.24, 2.45) is 0 Å². The first-order valence-electron chi connectivity index (χ1n) is 8.37. The zero-order chi connectivity index (χ0) is 19.2. The van der Waals surface area contributed by atoms with E-state index < -0.39 is 0 Å². The van der Waals surface area contributed by atoms with E-state index in [2.05, 4.69) is 20.5 Å². The first-order valence-corrected chi connectivity index (χ1v) is 9.73. The van der Waals surface area contributed by atoms with Gasteiger partial charge in [0.25, 0.3) is 5.91 Å². The average Bonchev–Trinajstić information content (AvgIpc) is 3.15. The van der Waals surface area contributed by atoms with Crippen LogP contribution in [0.25, 0.3) is 0 Å². The number of aryl methyl sites for hydroxylation is 1. The van der Waals surface area contributed by atoms with Crippen LogP contribution >= 0.6 is 23.4 Å². The van der Waals surface area contributed by atoms with Crippen LogP contribution in [0.1, 0.15) is 28.7 Å². The molecule has 3 rings (SSSR count). The van der Waals surface area contributed by atoms with E-state index in [0.717, 1.165) is 28.7 Å². The molecular weight excluding hydrogens is 384 g/mol. The summed E-state index contributed by atoms with van der Waals surface area (Å²) in [4.78, 5) is 16.7. The first kappa shape index (κ1) is 19.3. The Morgan fingerprint density at radius 1 is 1.26 bits per heavy atom. The predicted octanol–water partition coefficient (Wildman–Crippen LogP) is 4.57. The molecule has 3 aromatic rings. The van der Waals surface area contributed by atoms with Crippen molar-refractivity contribution in [3.8, 4) is 5.75 Å². The van der Waals surface area contributed by atoms with Crippen molar-refractivity contribution in [2.75, 3.05) is 12.4 Å². The maximum absolute atomic E-state index is 12.4. The smallest absolute Gasteiger partial charge is 0.255 e. The molecule has 0 bridgehead atoms. The van der Waals surface area contributed by atoms with Crippen LogP contribution in [-0.2, 0) is 12.2 Å². The Balaban J connectivity index is 1.58. The fourth-order valence-electron chi connectivity index (χ4n) is 2.34. The molecule has 0 aliphatic heterocycles. The van der Waals surface area contributed by atoms with Crippen LogP contribution in [0.3, 0.4) is 0 Å². The summed E-state index contributed by atoms with van der Waals surface area (Å²) in [6.07, 6.45) is 0.835. The Labute approximate surface area is 166 Å². The quantitative estimate of drug-likeness (QED) is 0.565. The van der Waals surface area contributed by atoms with Crippen LogP contribution in [0.2, 0.25) is 5.02 Å². The lowest BCUT2D eigenvalue weighted by Crippen LogP contribution is -2.11. The minimum atomic E-state index is -0.227. The number of benzene rings is 2. The van der Waals surface area contributed by atoms with E-state index in [9.17, 15) is 4.79 Å². The summed E-state index contributed by atoms with van der Waals surface area (Å²) in [5, 5.41) is 11.1. The van der Waals surface area contributed by atoms with E-state index in [-0.39, 0.29) is 5.91 Å². The number of anilines is 1. The molecule has 27 heavy (non-hydrogen) atoms. The molecule has 1 amide bonds. The topological polar surface area (TPSA) is 79.9 Å². The number of nitrogens with one attached hydrogen (secondary N) is 2. The number of aromatic amines is 1. The molecule has 140 valence electrons. The molecule has 0 fully saturated rings. The summed E-state index contributed by atoms with van der Waals surface area (Å²) in [5.41, 5.74) is 2.30. The van der Waals surface area contributed by atoms with Gasteiger partial charge in [0.05, 0.1) is 12.1 Å². The Morgan fingerprint density at radius 2 is 2.04 bits per heavy atom. The van der Waals surface area contributed by atoms with Gasteiger partial charge in [-0.25, -0.2) is 4.98 Å². The highest BCUT2D eigenvalue weighted by molar-refractivity contribution is 7.98. The number of thioether (sulfide) groups is 1. The highest BCUT2D eigenvalue weighted by Gasteiger charge is 2.10. The van der Waals surface area contributed by atoms with Crippen molar-refractivity contribution in [1.29, 1.82) is 0 Å². The third-order valence-electron chi connectivity index (χ3n) is 3.84. The zero-order valence-electron chi connectivity index (χ0n) is 15.0. The summed E-state index contributed by atoms with van der Waals surface area (Å²) >= 11 is 7.64. The molecule has 0 atom stereocenters. The fraction of sp³-hybridized carbons (Fsp3) is 0.211. The van der Waals surface area contributed by atoms with Gasteiger partial charge in [0, 0.05) is 23.4 Å². The minimum Gasteiger partial charge on any atom is -0.495 e. The highest BCUT2D eigenvalue weighted by Crippen LogP contribution is 2.25. The van der Waals surface area contributed by atoms with Crippen LogP contribution in [0.15, 0.2) is 47.6 Å². The number of nitrogens with zero attached hydrogens (tertiary/aromatic N) is 2. The molecule has 2 N–H and O–H groups in total. The summed E-state index contributed by atoms with van der Waals surface area (Å²) in [6.45, 7) is 2.03. The van der Waals surface area contributed by atoms with Crippen molar-refractivity contribution in [1.82, 2.24) is 15.2 Å². The van der Waals surface area contributed by atoms with E-state index in [1.165, 1.54) is 7.11 Å². The standard InChI is InChI=1S/C19H19ClN4O2S/c1-3-17-22-19(24-23-17)27-11-12-4-7-14(8-5-12)21-18(25)13-6-9-16(26-2)15(20)10-13/h4-10H,3,11H2,1-2H3,(H,21,25)(H,22,23,24). The van der Waals surface area contributed by atoms with Gasteiger partial charge in [0.15, 0.2) is 0 Å². The number of ether oxygens (including phenoxy) is 1. The van der Waals surface area contributed by atoms with E-state index >= 15 is 0 Å². The van der Waals surface area contributed by atoms with E-state index in [1.54, 1.807) is 30.0 Å². The Morgan fingerprint density at radius 3 is 2.67 bits per heavy atom. The second-order valence-electron chi connectivity index (χ2n) is 5.71. The van der Waals surface area contributed by atoms with Crippen molar-refractivity contribution >= 4 is 35.0 Å². The summed E-state index contributed by atoms with van der Waals surface area (Å²) < 4.78 is 5.10. The van der Waals surface area contributed by atoms with Gasteiger partial charge in [-0.3, -0.25) is 9.89 Å². The summed E-state index contributed by atoms with van der Waals surface area (Å²) in [7, 11) is 1.53. The first-order chi connectivity index (χ1) is 13.1. The Kier molecular flexibility index (Phi) is 6.36. The van der Waals surface area contributed by atoms with Gasteiger partial charge in [-0.2, -0.15) is 0 Å². The van der Waals surface area contributed by atoms with Gasteiger partial charge in [-0.05, 0) is 35.9 Å². The minimum absolute atomic E-state index is 0.227. The van der Waals surface area contributed by atoms with E-state index in [1.807, 2.05) is 31.2 Å². The second-order valence-corrected chi connectivity index (χ2v) is 7.06. The number of hydrogen-bond donors (Lipinski definition) is 2. The number of halogens is 1. The molecule has 0 unspecified atom stereocenters. The Hall–Kier alpha value is -2.51. The Bertz CT molecular complexity index is 928. The second kappa shape index (κ2) is 8.92. The molecule has 0 saturated carbocycles. The molecule has 1 heterocycles. The largest absolute Gasteiger partial charge is 0.495 e. The number of rotatable bonds is 7. The highest BCUT2D eigenvalue weighted by atomic mass is 35.5. The van der Waals surface area contributed by atoms with Crippen LogP contribution in [-0.4, -0.2) is 28.2 Å². The number of aromatic nitrogens is 3. The monoisotopic (exact) mass is 402 g/mol. The van der Waals surface area contributed by atoms with Crippen molar-refractivity contribution in [3.63, 3.8) is 0 Å². The molecule has 1 aromatic heterocycles. The summed E-state index contributed by atoms with van der Waals surface area (Å²) in [6, 6.07) is 12.6. The van der Waals surface area contributed by atoms with Crippen LogP contribution in [0, 0.1) is 0 Å². The summed E-state index contributed by atoms with van der Waals surface area (Å²) in [5.74, 6) is 1.94. The van der Waals surface area contributed by atoms with Crippen LogP contribution in [0.5, 0.6) is 5.75 Å². The molecular formula is C19H19ClN4O2S. The van der Waals surface area contributed by atoms with Crippen molar-refractivity contribution in [3.05, 3.63) is 64.4 Å². The number of H-pyrrole nitrogens is 1. The van der Waals surface area contributed by atoms with Gasteiger partial charge < -0.3 is 10.1 Å². The molecule has 6 nitrogen and oxygen atoms in total. The zero-order valence-corrected chi connectivity index (χ0v) is 16.5. The number of carbonyl (C=O) groups excluding carboxylic acids is 1. The fourth-order valence-corrected chi connectivity index (χ4v) is 3.37. The predicted molar refractivity (Wildman–Crippen MR) is 108 cm³/mol. The molecule has 0 radical (unpaired) electrons. The van der Waals surface area contributed by atoms with Gasteiger partial charge in [-0.1, -0.05) is 42.4 Å². The lowest BCUT2D eigenvalue weighted by atomic mass is 10.2. The van der Waals surface area contributed by atoms with Crippen LogP contribution < -0.4 is 10.1 Å². The SMILES string of the molecule is CCc1nc(SCc2ccc(NC(=O)c3ccc(OC)c(Cl)c3)cc2)n[nH]1. The van der Waals surface area contributed by atoms with Gasteiger partial charge in [0.2, 0.25) is 5.16 Å². The maximum Gasteiger partial charge on any atom is 0.255 e. The van der Waals surface area contributed by atoms with E-state index in [4.69, 9.17) is 16.3 Å². The lowest BCUT2D eigenvalue weighted by Gasteiger charge is -2.08. The molecule has 2 aromatic carbocycles. The normalized spacial score (nSPS) is 10.6. The lowest BCUT2D eigenvalue weighted by molar-refractivity contribution is 0.102. The third-order valence-corrected chi connectivity index (χ3v) is 5.05. The average molecular weight is 403 g/mol. The third kappa shape index (κ3) is 5.02. The van der Waals surface area contributed by atoms with E-state index in [0.29, 0.717) is 22.0 Å². The van der Waals surface area contributed by atoms with Crippen molar-refractivity contribution in [2.45, 2.75) is 24.3 Å². The molecule has 0 saturated heterocycles. The molecule has 0 aliphatic carbocycles. The number of methoxy groups -OCH3 is 1. The number of carbonyl (C=O) groups is 1. The molecule has 0 spiro atoms. The number of amides is 1. The number of hydrogen-bond acceptors (Lipinski definition) is 5. The van der Waals surface area contributed by atoms with Crippen molar-refractivity contribution < 1.29 is 9.53 Å². The molecule has 0 aliphatic rings. The molecule has 8 heteroatoms. The van der Waals surface area contributed by atoms with Gasteiger partial charge in [0.1, 0.15) is 11.6 Å². The van der Waals surface area contributed by atoms with Gasteiger partial charge in [-0.15, -0.1) is 5.10 Å².